The van der Waals surface area contributed by atoms with E-state index in [1.807, 2.05) is 0 Å². The molecule has 1 rings (SSSR count). The number of nitrogens with zero attached hydrogens (tertiary/aromatic N) is 1. The summed E-state index contributed by atoms with van der Waals surface area (Å²) in [5.41, 5.74) is 0. The van der Waals surface area contributed by atoms with E-state index in [4.69, 9.17) is 0 Å². The van der Waals surface area contributed by atoms with Gasteiger partial charge >= 0.3 is 0 Å². The molecule has 1 aliphatic heterocycles. The van der Waals surface area contributed by atoms with Crippen LogP contribution in [0, 0.1) is 5.92 Å². The number of carbonyl (C=O) groups excluding carboxylic acids is 1. The van der Waals surface area contributed by atoms with Gasteiger partial charge in [0, 0.05) is 25.4 Å². The van der Waals surface area contributed by atoms with Crippen LogP contribution >= 0.6 is 0 Å². The molecule has 0 bridgehead atoms. The van der Waals surface area contributed by atoms with Crippen molar-refractivity contribution in [2.75, 3.05) is 19.6 Å². The van der Waals surface area contributed by atoms with E-state index >= 15 is 0 Å². The largest absolute Gasteiger partial charge is 0.302 e. The van der Waals surface area contributed by atoms with Crippen LogP contribution < -0.4 is 0 Å². The third-order valence-electron chi connectivity index (χ3n) is 2.64. The van der Waals surface area contributed by atoms with E-state index in [0.29, 0.717) is 11.7 Å². The topological polar surface area (TPSA) is 20.3 Å². The average molecular weight is 169 g/mol. The summed E-state index contributed by atoms with van der Waals surface area (Å²) in [6.07, 6.45) is 2.99. The van der Waals surface area contributed by atoms with Crippen molar-refractivity contribution in [3.63, 3.8) is 0 Å². The maximum Gasteiger partial charge on any atom is 0.138 e. The fourth-order valence-corrected chi connectivity index (χ4v) is 1.85. The van der Waals surface area contributed by atoms with E-state index in [0.717, 1.165) is 32.5 Å². The van der Waals surface area contributed by atoms with Crippen LogP contribution in [0.5, 0.6) is 0 Å². The Morgan fingerprint density at radius 1 is 1.50 bits per heavy atom. The maximum atomic E-state index is 11.3. The second-order valence-electron chi connectivity index (χ2n) is 3.62. The molecule has 0 aromatic rings. The molecule has 0 amide bonds. The van der Waals surface area contributed by atoms with Crippen LogP contribution in [0.25, 0.3) is 0 Å². The molecule has 0 spiro atoms. The average Bonchev–Trinajstić information content (AvgIpc) is 2.09. The minimum atomic E-state index is 0.324. The number of likely N-dealkylation sites (tertiary alicyclic amines) is 1. The molecule has 0 saturated carbocycles. The van der Waals surface area contributed by atoms with Gasteiger partial charge in [0.15, 0.2) is 0 Å². The number of hydrogen-bond donors (Lipinski definition) is 0. The van der Waals surface area contributed by atoms with Gasteiger partial charge in [-0.2, -0.15) is 0 Å². The Morgan fingerprint density at radius 3 is 2.83 bits per heavy atom. The SMILES string of the molecule is CCCN1CCC(=O)[C@@H](CC)C1. The summed E-state index contributed by atoms with van der Waals surface area (Å²) >= 11 is 0. The van der Waals surface area contributed by atoms with E-state index in [1.54, 1.807) is 0 Å². The lowest BCUT2D eigenvalue weighted by atomic mass is 9.94. The summed E-state index contributed by atoms with van der Waals surface area (Å²) < 4.78 is 0. The highest BCUT2D eigenvalue weighted by Gasteiger charge is 2.24. The number of carbonyl (C=O) groups is 1. The lowest BCUT2D eigenvalue weighted by Crippen LogP contribution is -2.40. The van der Waals surface area contributed by atoms with Gasteiger partial charge in [-0.15, -0.1) is 0 Å². The Morgan fingerprint density at radius 2 is 2.25 bits per heavy atom. The van der Waals surface area contributed by atoms with Crippen molar-refractivity contribution >= 4 is 5.78 Å². The Balaban J connectivity index is 2.38. The van der Waals surface area contributed by atoms with E-state index < -0.39 is 0 Å². The standard InChI is InChI=1S/C10H19NO/c1-3-6-11-7-5-10(12)9(4-2)8-11/h9H,3-8H2,1-2H3/t9-/m0/s1. The Kier molecular flexibility index (Phi) is 3.73. The predicted octanol–water partition coefficient (Wildman–Crippen LogP) is 1.70. The molecule has 70 valence electrons. The maximum absolute atomic E-state index is 11.3. The minimum Gasteiger partial charge on any atom is -0.302 e. The van der Waals surface area contributed by atoms with Gasteiger partial charge in [-0.05, 0) is 19.4 Å². The highest BCUT2D eigenvalue weighted by Crippen LogP contribution is 2.15. The van der Waals surface area contributed by atoms with Crippen LogP contribution in [0.1, 0.15) is 33.1 Å². The van der Waals surface area contributed by atoms with Crippen LogP contribution in [0.15, 0.2) is 0 Å². The van der Waals surface area contributed by atoms with E-state index in [2.05, 4.69) is 18.7 Å². The van der Waals surface area contributed by atoms with E-state index in [-0.39, 0.29) is 0 Å². The second kappa shape index (κ2) is 4.61. The predicted molar refractivity (Wildman–Crippen MR) is 50.1 cm³/mol. The highest BCUT2D eigenvalue weighted by molar-refractivity contribution is 5.82. The van der Waals surface area contributed by atoms with Gasteiger partial charge in [0.25, 0.3) is 0 Å². The first kappa shape index (κ1) is 9.72. The molecule has 0 radical (unpaired) electrons. The molecule has 0 aromatic heterocycles. The summed E-state index contributed by atoms with van der Waals surface area (Å²) in [4.78, 5) is 13.8. The molecule has 2 heteroatoms. The van der Waals surface area contributed by atoms with E-state index in [1.165, 1.54) is 6.42 Å². The first-order valence-electron chi connectivity index (χ1n) is 5.03. The van der Waals surface area contributed by atoms with Crippen molar-refractivity contribution in [2.45, 2.75) is 33.1 Å². The molecule has 0 unspecified atom stereocenters. The zero-order chi connectivity index (χ0) is 8.97. The van der Waals surface area contributed by atoms with Gasteiger partial charge in [-0.3, -0.25) is 4.79 Å². The van der Waals surface area contributed by atoms with Gasteiger partial charge in [0.2, 0.25) is 0 Å². The summed E-state index contributed by atoms with van der Waals surface area (Å²) in [7, 11) is 0. The van der Waals surface area contributed by atoms with Crippen LogP contribution in [0.4, 0.5) is 0 Å². The zero-order valence-electron chi connectivity index (χ0n) is 8.18. The van der Waals surface area contributed by atoms with Crippen molar-refractivity contribution in [1.29, 1.82) is 0 Å². The van der Waals surface area contributed by atoms with Gasteiger partial charge in [0.05, 0.1) is 0 Å². The van der Waals surface area contributed by atoms with Crippen LogP contribution in [-0.2, 0) is 4.79 Å². The molecule has 0 aliphatic carbocycles. The number of ketones is 1. The Bertz CT molecular complexity index is 156. The van der Waals surface area contributed by atoms with Crippen molar-refractivity contribution < 1.29 is 4.79 Å². The fourth-order valence-electron chi connectivity index (χ4n) is 1.85. The molecule has 1 heterocycles. The van der Waals surface area contributed by atoms with Crippen molar-refractivity contribution in [3.05, 3.63) is 0 Å². The fraction of sp³-hybridized carbons (Fsp3) is 0.900. The summed E-state index contributed by atoms with van der Waals surface area (Å²) in [6, 6.07) is 0. The number of Topliss-reactive ketones (excluding diaryl/α,β-unsaturated/α-hetero) is 1. The highest BCUT2D eigenvalue weighted by atomic mass is 16.1. The third kappa shape index (κ3) is 2.31. The molecule has 0 aromatic carbocycles. The zero-order valence-corrected chi connectivity index (χ0v) is 8.18. The first-order valence-corrected chi connectivity index (χ1v) is 5.03. The van der Waals surface area contributed by atoms with Crippen molar-refractivity contribution in [2.24, 2.45) is 5.92 Å². The normalized spacial score (nSPS) is 26.2. The number of hydrogen-bond acceptors (Lipinski definition) is 2. The molecule has 1 aliphatic rings. The summed E-state index contributed by atoms with van der Waals surface area (Å²) in [5, 5.41) is 0. The summed E-state index contributed by atoms with van der Waals surface area (Å²) in [6.45, 7) is 7.45. The minimum absolute atomic E-state index is 0.324. The molecule has 0 N–H and O–H groups in total. The van der Waals surface area contributed by atoms with Crippen molar-refractivity contribution in [3.8, 4) is 0 Å². The van der Waals surface area contributed by atoms with Gasteiger partial charge in [-0.25, -0.2) is 0 Å². The molecular formula is C10H19NO. The van der Waals surface area contributed by atoms with Crippen LogP contribution in [0.3, 0.4) is 0 Å². The lowest BCUT2D eigenvalue weighted by molar-refractivity contribution is -0.126. The van der Waals surface area contributed by atoms with Crippen molar-refractivity contribution in [1.82, 2.24) is 4.90 Å². The number of rotatable bonds is 3. The number of piperidine rings is 1. The Labute approximate surface area is 74.9 Å². The van der Waals surface area contributed by atoms with Gasteiger partial charge in [0.1, 0.15) is 5.78 Å². The van der Waals surface area contributed by atoms with Crippen LogP contribution in [-0.4, -0.2) is 30.3 Å². The van der Waals surface area contributed by atoms with Gasteiger partial charge in [-0.1, -0.05) is 13.8 Å². The lowest BCUT2D eigenvalue weighted by Gasteiger charge is -2.30. The molecule has 1 fully saturated rings. The molecule has 1 saturated heterocycles. The monoisotopic (exact) mass is 169 g/mol. The van der Waals surface area contributed by atoms with Crippen LogP contribution in [0.2, 0.25) is 0 Å². The Hall–Kier alpha value is -0.370. The molecule has 12 heavy (non-hydrogen) atoms. The third-order valence-corrected chi connectivity index (χ3v) is 2.64. The van der Waals surface area contributed by atoms with Gasteiger partial charge < -0.3 is 4.90 Å². The molecule has 2 nitrogen and oxygen atoms in total. The summed E-state index contributed by atoms with van der Waals surface area (Å²) in [5.74, 6) is 0.801. The first-order chi connectivity index (χ1) is 5.77. The van der Waals surface area contributed by atoms with E-state index in [9.17, 15) is 4.79 Å². The molecular weight excluding hydrogens is 150 g/mol. The smallest absolute Gasteiger partial charge is 0.138 e. The molecule has 1 atom stereocenters. The second-order valence-corrected chi connectivity index (χ2v) is 3.62. The quantitative estimate of drug-likeness (QED) is 0.641.